The van der Waals surface area contributed by atoms with Gasteiger partial charge in [-0.05, 0) is 37.7 Å². The molecule has 0 radical (unpaired) electrons. The van der Waals surface area contributed by atoms with Crippen molar-refractivity contribution in [2.75, 3.05) is 32.1 Å². The number of hydrogen-bond acceptors (Lipinski definition) is 3. The predicted molar refractivity (Wildman–Crippen MR) is 78.9 cm³/mol. The SMILES string of the molecule is CCN(CC(=O)NC)c1ccc(Br)cc1CNC. The van der Waals surface area contributed by atoms with Crippen LogP contribution in [0.4, 0.5) is 5.69 Å². The minimum atomic E-state index is 0.0233. The normalized spacial score (nSPS) is 10.2. The molecule has 1 rings (SSSR count). The number of anilines is 1. The standard InChI is InChI=1S/C13H20BrN3O/c1-4-17(9-13(18)16-3)12-6-5-11(14)7-10(12)8-15-2/h5-7,15H,4,8-9H2,1-3H3,(H,16,18). The van der Waals surface area contributed by atoms with Crippen molar-refractivity contribution in [1.82, 2.24) is 10.6 Å². The molecule has 4 nitrogen and oxygen atoms in total. The van der Waals surface area contributed by atoms with Gasteiger partial charge in [0.05, 0.1) is 6.54 Å². The Labute approximate surface area is 117 Å². The molecule has 0 atom stereocenters. The summed E-state index contributed by atoms with van der Waals surface area (Å²) in [4.78, 5) is 13.6. The highest BCUT2D eigenvalue weighted by Crippen LogP contribution is 2.24. The third-order valence-electron chi connectivity index (χ3n) is 2.74. The second-order valence-electron chi connectivity index (χ2n) is 3.99. The molecule has 1 aromatic rings. The largest absolute Gasteiger partial charge is 0.362 e. The molecule has 0 saturated heterocycles. The molecule has 5 heteroatoms. The molecular weight excluding hydrogens is 294 g/mol. The Morgan fingerprint density at radius 2 is 2.11 bits per heavy atom. The fraction of sp³-hybridized carbons (Fsp3) is 0.462. The number of nitrogens with one attached hydrogen (secondary N) is 2. The number of halogens is 1. The Kier molecular flexibility index (Phi) is 6.15. The van der Waals surface area contributed by atoms with E-state index in [1.165, 1.54) is 5.56 Å². The Balaban J connectivity index is 3.00. The average molecular weight is 314 g/mol. The van der Waals surface area contributed by atoms with Crippen molar-refractivity contribution in [2.24, 2.45) is 0 Å². The molecule has 0 spiro atoms. The second kappa shape index (κ2) is 7.38. The molecule has 0 fully saturated rings. The van der Waals surface area contributed by atoms with E-state index in [4.69, 9.17) is 0 Å². The molecule has 0 heterocycles. The van der Waals surface area contributed by atoms with Gasteiger partial charge in [-0.1, -0.05) is 15.9 Å². The summed E-state index contributed by atoms with van der Waals surface area (Å²) >= 11 is 3.48. The summed E-state index contributed by atoms with van der Waals surface area (Å²) < 4.78 is 1.05. The van der Waals surface area contributed by atoms with Gasteiger partial charge in [0.15, 0.2) is 0 Å². The molecule has 0 aliphatic rings. The van der Waals surface area contributed by atoms with Crippen LogP contribution in [0.2, 0.25) is 0 Å². The molecule has 18 heavy (non-hydrogen) atoms. The zero-order valence-corrected chi connectivity index (χ0v) is 12.7. The van der Waals surface area contributed by atoms with Crippen molar-refractivity contribution >= 4 is 27.5 Å². The van der Waals surface area contributed by atoms with Gasteiger partial charge in [0, 0.05) is 30.3 Å². The summed E-state index contributed by atoms with van der Waals surface area (Å²) in [5.41, 5.74) is 2.27. The van der Waals surface area contributed by atoms with Gasteiger partial charge in [0.25, 0.3) is 0 Å². The highest BCUT2D eigenvalue weighted by molar-refractivity contribution is 9.10. The monoisotopic (exact) mass is 313 g/mol. The third kappa shape index (κ3) is 3.99. The van der Waals surface area contributed by atoms with Crippen LogP contribution in [-0.2, 0) is 11.3 Å². The molecule has 0 aliphatic carbocycles. The van der Waals surface area contributed by atoms with Crippen LogP contribution in [-0.4, -0.2) is 33.1 Å². The first-order valence-corrected chi connectivity index (χ1v) is 6.80. The van der Waals surface area contributed by atoms with Crippen molar-refractivity contribution in [1.29, 1.82) is 0 Å². The van der Waals surface area contributed by atoms with Crippen LogP contribution in [0.25, 0.3) is 0 Å². The van der Waals surface area contributed by atoms with E-state index in [-0.39, 0.29) is 5.91 Å². The van der Waals surface area contributed by atoms with Crippen LogP contribution in [0.3, 0.4) is 0 Å². The van der Waals surface area contributed by atoms with Crippen LogP contribution < -0.4 is 15.5 Å². The zero-order valence-electron chi connectivity index (χ0n) is 11.1. The second-order valence-corrected chi connectivity index (χ2v) is 4.91. The summed E-state index contributed by atoms with van der Waals surface area (Å²) in [6.45, 7) is 4.00. The van der Waals surface area contributed by atoms with Gasteiger partial charge in [-0.15, -0.1) is 0 Å². The Morgan fingerprint density at radius 1 is 1.39 bits per heavy atom. The molecule has 0 aromatic heterocycles. The first-order chi connectivity index (χ1) is 8.62. The summed E-state index contributed by atoms with van der Waals surface area (Å²) in [7, 11) is 3.58. The molecule has 0 aliphatic heterocycles. The molecule has 2 N–H and O–H groups in total. The lowest BCUT2D eigenvalue weighted by atomic mass is 10.1. The van der Waals surface area contributed by atoms with Crippen molar-refractivity contribution in [3.63, 3.8) is 0 Å². The predicted octanol–water partition coefficient (Wildman–Crippen LogP) is 1.74. The van der Waals surface area contributed by atoms with E-state index in [0.29, 0.717) is 6.54 Å². The summed E-state index contributed by atoms with van der Waals surface area (Å²) in [6.07, 6.45) is 0. The van der Waals surface area contributed by atoms with Crippen LogP contribution in [0.1, 0.15) is 12.5 Å². The Bertz CT molecular complexity index is 409. The van der Waals surface area contributed by atoms with Crippen molar-refractivity contribution in [2.45, 2.75) is 13.5 Å². The van der Waals surface area contributed by atoms with E-state index in [1.54, 1.807) is 7.05 Å². The van der Waals surface area contributed by atoms with Gasteiger partial charge < -0.3 is 15.5 Å². The first-order valence-electron chi connectivity index (χ1n) is 6.00. The summed E-state index contributed by atoms with van der Waals surface area (Å²) in [5, 5.41) is 5.81. The van der Waals surface area contributed by atoms with E-state index in [9.17, 15) is 4.79 Å². The minimum absolute atomic E-state index is 0.0233. The van der Waals surface area contributed by atoms with Gasteiger partial charge in [-0.25, -0.2) is 0 Å². The van der Waals surface area contributed by atoms with E-state index in [0.717, 1.165) is 23.2 Å². The minimum Gasteiger partial charge on any atom is -0.362 e. The molecular formula is C13H20BrN3O. The number of rotatable bonds is 6. The van der Waals surface area contributed by atoms with Crippen LogP contribution >= 0.6 is 15.9 Å². The van der Waals surface area contributed by atoms with Crippen LogP contribution in [0, 0.1) is 0 Å². The molecule has 100 valence electrons. The van der Waals surface area contributed by atoms with Gasteiger partial charge >= 0.3 is 0 Å². The van der Waals surface area contributed by atoms with Crippen LogP contribution in [0.15, 0.2) is 22.7 Å². The lowest BCUT2D eigenvalue weighted by Crippen LogP contribution is -2.36. The maximum atomic E-state index is 11.5. The van der Waals surface area contributed by atoms with E-state index in [2.05, 4.69) is 37.5 Å². The Hall–Kier alpha value is -1.07. The highest BCUT2D eigenvalue weighted by atomic mass is 79.9. The van der Waals surface area contributed by atoms with Gasteiger partial charge in [-0.3, -0.25) is 4.79 Å². The van der Waals surface area contributed by atoms with Crippen molar-refractivity contribution < 1.29 is 4.79 Å². The number of amides is 1. The highest BCUT2D eigenvalue weighted by Gasteiger charge is 2.12. The van der Waals surface area contributed by atoms with Crippen molar-refractivity contribution in [3.05, 3.63) is 28.2 Å². The quantitative estimate of drug-likeness (QED) is 0.841. The maximum absolute atomic E-state index is 11.5. The lowest BCUT2D eigenvalue weighted by Gasteiger charge is -2.25. The topological polar surface area (TPSA) is 44.4 Å². The number of carbonyl (C=O) groups excluding carboxylic acids is 1. The van der Waals surface area contributed by atoms with Crippen LogP contribution in [0.5, 0.6) is 0 Å². The van der Waals surface area contributed by atoms with E-state index in [1.807, 2.05) is 26.1 Å². The summed E-state index contributed by atoms with van der Waals surface area (Å²) in [5.74, 6) is 0.0233. The molecule has 1 amide bonds. The number of nitrogens with zero attached hydrogens (tertiary/aromatic N) is 1. The van der Waals surface area contributed by atoms with Gasteiger partial charge in [0.2, 0.25) is 5.91 Å². The number of benzene rings is 1. The third-order valence-corrected chi connectivity index (χ3v) is 3.24. The number of hydrogen-bond donors (Lipinski definition) is 2. The average Bonchev–Trinajstić information content (AvgIpc) is 2.37. The lowest BCUT2D eigenvalue weighted by molar-refractivity contribution is -0.119. The van der Waals surface area contributed by atoms with E-state index < -0.39 is 0 Å². The molecule has 1 aromatic carbocycles. The molecule has 0 saturated carbocycles. The fourth-order valence-corrected chi connectivity index (χ4v) is 2.22. The Morgan fingerprint density at radius 3 is 2.67 bits per heavy atom. The molecule has 0 unspecified atom stereocenters. The fourth-order valence-electron chi connectivity index (χ4n) is 1.81. The zero-order chi connectivity index (χ0) is 13.5. The van der Waals surface area contributed by atoms with Gasteiger partial charge in [-0.2, -0.15) is 0 Å². The first kappa shape index (κ1) is 15.0. The number of likely N-dealkylation sites (N-methyl/N-ethyl adjacent to an activating group) is 2. The number of carbonyl (C=O) groups is 1. The summed E-state index contributed by atoms with van der Waals surface area (Å²) in [6, 6.07) is 6.13. The van der Waals surface area contributed by atoms with E-state index >= 15 is 0 Å². The van der Waals surface area contributed by atoms with Crippen molar-refractivity contribution in [3.8, 4) is 0 Å². The molecule has 0 bridgehead atoms. The van der Waals surface area contributed by atoms with Gasteiger partial charge in [0.1, 0.15) is 0 Å². The maximum Gasteiger partial charge on any atom is 0.239 e. The smallest absolute Gasteiger partial charge is 0.239 e.